The molecule has 0 aliphatic carbocycles. The lowest BCUT2D eigenvalue weighted by atomic mass is 10.2. The maximum absolute atomic E-state index is 12.2. The molecule has 1 aliphatic heterocycles. The summed E-state index contributed by atoms with van der Waals surface area (Å²) in [5.41, 5.74) is 1.81. The monoisotopic (exact) mass is 428 g/mol. The first-order chi connectivity index (χ1) is 14.6. The van der Waals surface area contributed by atoms with Gasteiger partial charge in [-0.3, -0.25) is 25.1 Å². The fourth-order valence-corrected chi connectivity index (χ4v) is 4.11. The molecule has 1 fully saturated rings. The highest BCUT2D eigenvalue weighted by Gasteiger charge is 2.16. The van der Waals surface area contributed by atoms with E-state index in [9.17, 15) is 14.9 Å². The van der Waals surface area contributed by atoms with Crippen LogP contribution in [0.5, 0.6) is 5.75 Å². The molecule has 4 rings (SSSR count). The number of nitrogens with one attached hydrogen (secondary N) is 1. The maximum Gasteiger partial charge on any atom is 0.310 e. The van der Waals surface area contributed by atoms with E-state index in [-0.39, 0.29) is 18.0 Å². The van der Waals surface area contributed by atoms with E-state index < -0.39 is 10.8 Å². The Kier molecular flexibility index (Phi) is 6.17. The molecule has 1 amide bonds. The fraction of sp³-hybridized carbons (Fsp3) is 0.300. The zero-order chi connectivity index (χ0) is 20.9. The Bertz CT molecular complexity index is 1060. The average molecular weight is 428 g/mol. The van der Waals surface area contributed by atoms with Gasteiger partial charge in [-0.2, -0.15) is 0 Å². The second kappa shape index (κ2) is 9.16. The van der Waals surface area contributed by atoms with Gasteiger partial charge in [0.2, 0.25) is 0 Å². The van der Waals surface area contributed by atoms with Crippen molar-refractivity contribution >= 4 is 38.3 Å². The highest BCUT2D eigenvalue weighted by Crippen LogP contribution is 2.28. The average Bonchev–Trinajstić information content (AvgIpc) is 3.14. The lowest BCUT2D eigenvalue weighted by molar-refractivity contribution is -0.385. The minimum atomic E-state index is -0.546. The molecule has 0 radical (unpaired) electrons. The normalized spacial score (nSPS) is 14.5. The van der Waals surface area contributed by atoms with Gasteiger partial charge in [0, 0.05) is 25.7 Å². The number of hydrogen-bond acceptors (Lipinski definition) is 8. The molecule has 0 atom stereocenters. The van der Waals surface area contributed by atoms with Crippen LogP contribution in [-0.2, 0) is 16.1 Å². The van der Waals surface area contributed by atoms with Gasteiger partial charge < -0.3 is 9.47 Å². The summed E-state index contributed by atoms with van der Waals surface area (Å²) >= 11 is 1.38. The van der Waals surface area contributed by atoms with Crippen LogP contribution in [-0.4, -0.2) is 53.6 Å². The van der Waals surface area contributed by atoms with Gasteiger partial charge in [-0.25, -0.2) is 4.98 Å². The number of benzene rings is 2. The molecule has 30 heavy (non-hydrogen) atoms. The molecule has 1 N–H and O–H groups in total. The number of nitro groups is 1. The molecule has 10 heteroatoms. The van der Waals surface area contributed by atoms with E-state index in [0.717, 1.165) is 43.1 Å². The number of para-hydroxylation sites is 2. The number of carbonyl (C=O) groups excluding carboxylic acids is 1. The summed E-state index contributed by atoms with van der Waals surface area (Å²) in [7, 11) is 0. The number of ether oxygens (including phenoxy) is 2. The van der Waals surface area contributed by atoms with Crippen molar-refractivity contribution in [3.8, 4) is 5.75 Å². The lowest BCUT2D eigenvalue weighted by Crippen LogP contribution is -2.35. The Morgan fingerprint density at radius 3 is 2.87 bits per heavy atom. The number of amides is 1. The molecule has 2 heterocycles. The van der Waals surface area contributed by atoms with E-state index in [1.54, 1.807) is 12.1 Å². The Morgan fingerprint density at radius 1 is 1.27 bits per heavy atom. The van der Waals surface area contributed by atoms with Gasteiger partial charge in [-0.05, 0) is 23.8 Å². The van der Waals surface area contributed by atoms with Gasteiger partial charge in [0.05, 0.1) is 28.4 Å². The SMILES string of the molecule is O=C(COc1ccccc1[N+](=O)[O-])Nc1nc2ccc(CN3CCOCC3)cc2s1. The topological polar surface area (TPSA) is 107 Å². The van der Waals surface area contributed by atoms with Gasteiger partial charge in [-0.15, -0.1) is 0 Å². The standard InChI is InChI=1S/C20H20N4O5S/c25-19(13-29-17-4-2-1-3-16(17)24(26)27)22-20-21-15-6-5-14(11-18(15)30-20)12-23-7-9-28-10-8-23/h1-6,11H,7-10,12-13H2,(H,21,22,25). The molecule has 0 bridgehead atoms. The number of nitrogens with zero attached hydrogens (tertiary/aromatic N) is 3. The largest absolute Gasteiger partial charge is 0.477 e. The first-order valence-electron chi connectivity index (χ1n) is 9.44. The third kappa shape index (κ3) is 4.90. The Labute approximate surface area is 176 Å². The van der Waals surface area contributed by atoms with Crippen molar-refractivity contribution in [2.45, 2.75) is 6.54 Å². The van der Waals surface area contributed by atoms with Crippen LogP contribution in [0.2, 0.25) is 0 Å². The Balaban J connectivity index is 1.37. The van der Waals surface area contributed by atoms with Crippen LogP contribution in [0, 0.1) is 10.1 Å². The van der Waals surface area contributed by atoms with Gasteiger partial charge >= 0.3 is 5.69 Å². The summed E-state index contributed by atoms with van der Waals surface area (Å²) in [6.45, 7) is 3.86. The molecule has 0 unspecified atom stereocenters. The number of fused-ring (bicyclic) bond motifs is 1. The molecule has 2 aromatic carbocycles. The van der Waals surface area contributed by atoms with E-state index in [0.29, 0.717) is 5.13 Å². The molecule has 1 aromatic heterocycles. The van der Waals surface area contributed by atoms with Crippen molar-refractivity contribution in [3.05, 3.63) is 58.1 Å². The first kappa shape index (κ1) is 20.2. The number of morpholine rings is 1. The van der Waals surface area contributed by atoms with Crippen LogP contribution >= 0.6 is 11.3 Å². The van der Waals surface area contributed by atoms with Crippen LogP contribution in [0.15, 0.2) is 42.5 Å². The summed E-state index contributed by atoms with van der Waals surface area (Å²) in [5, 5.41) is 14.2. The second-order valence-electron chi connectivity index (χ2n) is 6.77. The molecule has 156 valence electrons. The highest BCUT2D eigenvalue weighted by atomic mass is 32.1. The van der Waals surface area contributed by atoms with Crippen molar-refractivity contribution in [2.75, 3.05) is 38.2 Å². The van der Waals surface area contributed by atoms with Crippen molar-refractivity contribution in [2.24, 2.45) is 0 Å². The number of nitro benzene ring substituents is 1. The number of rotatable bonds is 7. The number of hydrogen-bond donors (Lipinski definition) is 1. The second-order valence-corrected chi connectivity index (χ2v) is 7.80. The minimum absolute atomic E-state index is 0.0507. The minimum Gasteiger partial charge on any atom is -0.477 e. The van der Waals surface area contributed by atoms with Gasteiger partial charge in [0.15, 0.2) is 17.5 Å². The highest BCUT2D eigenvalue weighted by molar-refractivity contribution is 7.22. The fourth-order valence-electron chi connectivity index (χ4n) is 3.17. The first-order valence-corrected chi connectivity index (χ1v) is 10.3. The van der Waals surface area contributed by atoms with Crippen LogP contribution in [0.4, 0.5) is 10.8 Å². The number of aromatic nitrogens is 1. The summed E-state index contributed by atoms with van der Waals surface area (Å²) in [6, 6.07) is 12.0. The van der Waals surface area contributed by atoms with Crippen molar-refractivity contribution in [1.29, 1.82) is 0 Å². The van der Waals surface area contributed by atoms with Gasteiger partial charge in [0.1, 0.15) is 0 Å². The molecule has 9 nitrogen and oxygen atoms in total. The summed E-state index contributed by atoms with van der Waals surface area (Å²) in [5.74, 6) is -0.379. The van der Waals surface area contributed by atoms with E-state index in [2.05, 4.69) is 21.3 Å². The van der Waals surface area contributed by atoms with Gasteiger partial charge in [-0.1, -0.05) is 29.5 Å². The molecular formula is C20H20N4O5S. The quantitative estimate of drug-likeness (QED) is 0.455. The van der Waals surface area contributed by atoms with Crippen molar-refractivity contribution in [3.63, 3.8) is 0 Å². The molecule has 0 spiro atoms. The predicted molar refractivity (Wildman–Crippen MR) is 113 cm³/mol. The maximum atomic E-state index is 12.2. The Morgan fingerprint density at radius 2 is 2.07 bits per heavy atom. The third-order valence-corrected chi connectivity index (χ3v) is 5.56. The summed E-state index contributed by atoms with van der Waals surface area (Å²) < 4.78 is 11.7. The van der Waals surface area contributed by atoms with Crippen LogP contribution < -0.4 is 10.1 Å². The Hall–Kier alpha value is -3.08. The zero-order valence-electron chi connectivity index (χ0n) is 16.1. The van der Waals surface area contributed by atoms with E-state index in [4.69, 9.17) is 9.47 Å². The zero-order valence-corrected chi connectivity index (χ0v) is 16.9. The number of thiazole rings is 1. The van der Waals surface area contributed by atoms with E-state index in [1.807, 2.05) is 12.1 Å². The molecule has 3 aromatic rings. The number of anilines is 1. The third-order valence-electron chi connectivity index (χ3n) is 4.63. The summed E-state index contributed by atoms with van der Waals surface area (Å²) in [6.07, 6.45) is 0. The smallest absolute Gasteiger partial charge is 0.310 e. The van der Waals surface area contributed by atoms with Gasteiger partial charge in [0.25, 0.3) is 5.91 Å². The molecule has 0 saturated carbocycles. The molecule has 1 saturated heterocycles. The predicted octanol–water partition coefficient (Wildman–Crippen LogP) is 3.05. The molecule has 1 aliphatic rings. The lowest BCUT2D eigenvalue weighted by Gasteiger charge is -2.26. The van der Waals surface area contributed by atoms with Crippen LogP contribution in [0.3, 0.4) is 0 Å². The van der Waals surface area contributed by atoms with Crippen molar-refractivity contribution in [1.82, 2.24) is 9.88 Å². The summed E-state index contributed by atoms with van der Waals surface area (Å²) in [4.78, 5) is 29.5. The van der Waals surface area contributed by atoms with Crippen LogP contribution in [0.25, 0.3) is 10.2 Å². The number of carbonyl (C=O) groups is 1. The molecular weight excluding hydrogens is 408 g/mol. The van der Waals surface area contributed by atoms with E-state index in [1.165, 1.54) is 29.0 Å². The van der Waals surface area contributed by atoms with E-state index >= 15 is 0 Å². The van der Waals surface area contributed by atoms with Crippen LogP contribution in [0.1, 0.15) is 5.56 Å². The van der Waals surface area contributed by atoms with Crippen molar-refractivity contribution < 1.29 is 19.2 Å².